The number of halogens is 6. The predicted molar refractivity (Wildman–Crippen MR) is 193 cm³/mol. The van der Waals surface area contributed by atoms with Crippen molar-refractivity contribution in [2.45, 2.75) is 121 Å². The van der Waals surface area contributed by atoms with Crippen LogP contribution in [-0.4, -0.2) is 29.4 Å². The van der Waals surface area contributed by atoms with E-state index in [0.29, 0.717) is 53.1 Å². The molecule has 0 saturated heterocycles. The molecule has 0 N–H and O–H groups in total. The molecular weight excluding hydrogens is 678 g/mol. The molecule has 2 aliphatic heterocycles. The molecule has 52 heavy (non-hydrogen) atoms. The molecule has 0 radical (unpaired) electrons. The van der Waals surface area contributed by atoms with Gasteiger partial charge in [-0.1, -0.05) is 65.2 Å². The van der Waals surface area contributed by atoms with Gasteiger partial charge in [0.1, 0.15) is 6.54 Å². The molecular formula is C42H47F6N2O2+. The van der Waals surface area contributed by atoms with E-state index in [4.69, 9.17) is 0 Å². The van der Waals surface area contributed by atoms with Gasteiger partial charge in [-0.3, -0.25) is 9.59 Å². The molecule has 0 aromatic heterocycles. The number of hydrogen-bond donors (Lipinski definition) is 0. The summed E-state index contributed by atoms with van der Waals surface area (Å²) in [7, 11) is 0. The summed E-state index contributed by atoms with van der Waals surface area (Å²) in [5, 5.41) is -0.0148. The molecule has 278 valence electrons. The molecule has 4 nitrogen and oxygen atoms in total. The van der Waals surface area contributed by atoms with Gasteiger partial charge in [0, 0.05) is 41.8 Å². The minimum absolute atomic E-state index is 0.00447. The second-order valence-electron chi connectivity index (χ2n) is 16.7. The summed E-state index contributed by atoms with van der Waals surface area (Å²) in [4.78, 5) is 29.9. The highest BCUT2D eigenvalue weighted by atomic mass is 19.4. The second kappa shape index (κ2) is 13.0. The van der Waals surface area contributed by atoms with Crippen molar-refractivity contribution < 1.29 is 30.9 Å². The van der Waals surface area contributed by atoms with Gasteiger partial charge in [-0.2, -0.15) is 30.9 Å². The van der Waals surface area contributed by atoms with Crippen LogP contribution in [0.25, 0.3) is 12.2 Å². The highest BCUT2D eigenvalue weighted by Gasteiger charge is 2.48. The lowest BCUT2D eigenvalue weighted by molar-refractivity contribution is -0.438. The van der Waals surface area contributed by atoms with E-state index in [2.05, 4.69) is 4.90 Å². The zero-order valence-corrected chi connectivity index (χ0v) is 30.3. The average molecular weight is 726 g/mol. The molecule has 10 heteroatoms. The summed E-state index contributed by atoms with van der Waals surface area (Å²) < 4.78 is 85.0. The molecule has 3 aromatic carbocycles. The van der Waals surface area contributed by atoms with Crippen LogP contribution in [0.2, 0.25) is 0 Å². The fourth-order valence-corrected chi connectivity index (χ4v) is 9.53. The topological polar surface area (TPSA) is 40.4 Å². The molecule has 1 atom stereocenters. The Morgan fingerprint density at radius 2 is 1.29 bits per heavy atom. The maximum absolute atomic E-state index is 13.9. The molecule has 0 spiro atoms. The highest BCUT2D eigenvalue weighted by molar-refractivity contribution is 6.15. The van der Waals surface area contributed by atoms with Gasteiger partial charge in [0.25, 0.3) is 0 Å². The Kier molecular flexibility index (Phi) is 9.17. The molecule has 2 heterocycles. The van der Waals surface area contributed by atoms with Crippen LogP contribution in [0.4, 0.5) is 37.7 Å². The first kappa shape index (κ1) is 36.7. The lowest BCUT2D eigenvalue weighted by Crippen LogP contribution is -2.66. The predicted octanol–water partition coefficient (Wildman–Crippen LogP) is 8.28. The van der Waals surface area contributed by atoms with Crippen molar-refractivity contribution in [1.82, 2.24) is 0 Å². The van der Waals surface area contributed by atoms with Gasteiger partial charge in [-0.15, -0.1) is 0 Å². The van der Waals surface area contributed by atoms with Gasteiger partial charge >= 0.3 is 12.4 Å². The van der Waals surface area contributed by atoms with E-state index in [9.17, 15) is 35.9 Å². The minimum atomic E-state index is -4.52. The number of anilines is 1. The molecule has 2 fully saturated rings. The van der Waals surface area contributed by atoms with E-state index < -0.39 is 51.2 Å². The normalized spacial score (nSPS) is 21.7. The fourth-order valence-electron chi connectivity index (χ4n) is 9.53. The first-order valence-corrected chi connectivity index (χ1v) is 18.8. The van der Waals surface area contributed by atoms with Crippen molar-refractivity contribution in [3.8, 4) is 0 Å². The van der Waals surface area contributed by atoms with Crippen molar-refractivity contribution in [2.24, 2.45) is 11.8 Å². The quantitative estimate of drug-likeness (QED) is 0.174. The summed E-state index contributed by atoms with van der Waals surface area (Å²) in [5.41, 5.74) is -1.15. The van der Waals surface area contributed by atoms with Crippen LogP contribution in [0, 0.1) is 11.8 Å². The molecule has 4 aliphatic rings. The lowest BCUT2D eigenvalue weighted by atomic mass is 9.79. The van der Waals surface area contributed by atoms with E-state index >= 15 is 0 Å². The van der Waals surface area contributed by atoms with E-state index in [-0.39, 0.29) is 10.4 Å². The summed E-state index contributed by atoms with van der Waals surface area (Å²) in [6.07, 6.45) is 4.98. The number of hydrogen-bond acceptors (Lipinski definition) is 3. The number of benzene rings is 2. The van der Waals surface area contributed by atoms with Gasteiger partial charge in [0.2, 0.25) is 16.5 Å². The molecule has 3 aromatic rings. The number of alkyl halides is 6. The molecule has 7 rings (SSSR count). The lowest BCUT2D eigenvalue weighted by Gasteiger charge is -2.33. The average Bonchev–Trinajstić information content (AvgIpc) is 3.87. The molecule has 0 bridgehead atoms. The van der Waals surface area contributed by atoms with Crippen molar-refractivity contribution in [3.05, 3.63) is 89.5 Å². The molecule has 2 saturated carbocycles. The van der Waals surface area contributed by atoms with E-state index in [1.54, 1.807) is 12.2 Å². The number of fused-ring (bicyclic) bond motifs is 2. The van der Waals surface area contributed by atoms with Crippen LogP contribution in [0.15, 0.2) is 46.0 Å². The Morgan fingerprint density at radius 3 is 1.87 bits per heavy atom. The van der Waals surface area contributed by atoms with E-state index in [1.165, 1.54) is 24.3 Å². The number of rotatable bonds is 8. The van der Waals surface area contributed by atoms with Crippen molar-refractivity contribution in [2.75, 3.05) is 18.0 Å². The SMILES string of the molecule is CC1(C)C(C=c2c(=O)c(=CC3N(CCC4CCCC4)c4ccc(C(F)(F)F)cc4C3(C)C)c2=O)=[N+](CCC2CCCC2)c2ccc(C(F)(F)F)cc21. The third-order valence-electron chi connectivity index (χ3n) is 12.7. The Hall–Kier alpha value is -3.69. The van der Waals surface area contributed by atoms with Crippen LogP contribution in [0.5, 0.6) is 0 Å². The molecule has 2 aliphatic carbocycles. The molecule has 1 unspecified atom stereocenters. The third kappa shape index (κ3) is 6.36. The van der Waals surface area contributed by atoms with Gasteiger partial charge < -0.3 is 4.90 Å². The van der Waals surface area contributed by atoms with Gasteiger partial charge in [-0.25, -0.2) is 0 Å². The van der Waals surface area contributed by atoms with Gasteiger partial charge in [-0.05, 0) is 74.1 Å². The highest BCUT2D eigenvalue weighted by Crippen LogP contribution is 2.48. The largest absolute Gasteiger partial charge is 0.416 e. The van der Waals surface area contributed by atoms with Crippen molar-refractivity contribution in [1.29, 1.82) is 0 Å². The van der Waals surface area contributed by atoms with E-state index in [0.717, 1.165) is 76.3 Å². The Balaban J connectivity index is 1.30. The van der Waals surface area contributed by atoms with Crippen LogP contribution < -0.4 is 26.2 Å². The van der Waals surface area contributed by atoms with Gasteiger partial charge in [0.15, 0.2) is 5.71 Å². The second-order valence-corrected chi connectivity index (χ2v) is 16.7. The van der Waals surface area contributed by atoms with Crippen molar-refractivity contribution >= 4 is 29.2 Å². The summed E-state index contributed by atoms with van der Waals surface area (Å²) in [6, 6.07) is 7.06. The van der Waals surface area contributed by atoms with Gasteiger partial charge in [0.05, 0.1) is 33.0 Å². The first-order valence-electron chi connectivity index (χ1n) is 18.8. The minimum Gasteiger partial charge on any atom is -0.364 e. The summed E-state index contributed by atoms with van der Waals surface area (Å²) >= 11 is 0. The monoisotopic (exact) mass is 725 g/mol. The zero-order valence-electron chi connectivity index (χ0n) is 30.3. The molecule has 0 amide bonds. The summed E-state index contributed by atoms with van der Waals surface area (Å²) in [6.45, 7) is 8.52. The Morgan fingerprint density at radius 1 is 0.750 bits per heavy atom. The maximum atomic E-state index is 13.9. The first-order chi connectivity index (χ1) is 24.4. The zero-order chi connectivity index (χ0) is 37.4. The summed E-state index contributed by atoms with van der Waals surface area (Å²) in [5.74, 6) is 1.04. The smallest absolute Gasteiger partial charge is 0.364 e. The van der Waals surface area contributed by atoms with Crippen LogP contribution in [0.1, 0.15) is 114 Å². The Labute approximate surface area is 300 Å². The van der Waals surface area contributed by atoms with Crippen molar-refractivity contribution in [3.63, 3.8) is 0 Å². The standard InChI is InChI=1S/C42H47F6N2O2/c1-39(2)31-21-27(41(43,44)45)13-15-33(31)49(19-17-25-9-5-6-10-25)35(39)23-29-37(51)30(38(29)52)24-36-40(3,4)32-22-28(42(46,47)48)14-16-34(32)50(36)20-18-26-11-7-8-12-26/h13-16,21-26,35H,5-12,17-20H2,1-4H3/q+1. The van der Waals surface area contributed by atoms with Crippen LogP contribution >= 0.6 is 0 Å². The fraction of sp³-hybridized carbons (Fsp3) is 0.548. The third-order valence-corrected chi connectivity index (χ3v) is 12.7. The van der Waals surface area contributed by atoms with Crippen LogP contribution in [0.3, 0.4) is 0 Å². The maximum Gasteiger partial charge on any atom is 0.416 e. The van der Waals surface area contributed by atoms with Crippen LogP contribution in [-0.2, 0) is 23.2 Å². The Bertz CT molecular complexity index is 2070. The number of nitrogens with zero attached hydrogens (tertiary/aromatic N) is 2. The van der Waals surface area contributed by atoms with E-state index in [1.807, 2.05) is 32.3 Å².